The molecular weight excluding hydrogens is 434 g/mol. The highest BCUT2D eigenvalue weighted by Crippen LogP contribution is 2.31. The Balaban J connectivity index is 1.80. The van der Waals surface area contributed by atoms with Crippen molar-refractivity contribution in [3.8, 4) is 5.75 Å². The average molecular weight is 466 g/mol. The number of alkyl carbamates (subject to hydrolysis) is 1. The van der Waals surface area contributed by atoms with Crippen LogP contribution in [0.25, 0.3) is 11.0 Å². The van der Waals surface area contributed by atoms with Crippen molar-refractivity contribution in [2.45, 2.75) is 65.5 Å². The molecule has 0 fully saturated rings. The number of hydrogen-bond acceptors (Lipinski definition) is 6. The molecular formula is C27H31NO6. The Labute approximate surface area is 199 Å². The van der Waals surface area contributed by atoms with Gasteiger partial charge in [0.1, 0.15) is 24.0 Å². The smallest absolute Gasteiger partial charge is 0.408 e. The number of benzene rings is 2. The molecule has 0 bridgehead atoms. The van der Waals surface area contributed by atoms with Crippen LogP contribution in [0.2, 0.25) is 0 Å². The Morgan fingerprint density at radius 3 is 2.53 bits per heavy atom. The third-order valence-electron chi connectivity index (χ3n) is 5.40. The fourth-order valence-electron chi connectivity index (χ4n) is 3.76. The quantitative estimate of drug-likeness (QED) is 0.243. The maximum atomic E-state index is 13.1. The maximum absolute atomic E-state index is 13.1. The maximum Gasteiger partial charge on any atom is 0.408 e. The van der Waals surface area contributed by atoms with E-state index in [1.165, 1.54) is 6.07 Å². The molecule has 3 rings (SSSR count). The SMILES string of the molecule is CCCC[C@@H](NC(=O)OCc1ccccc1)C(=O)Oc1cc(C)cc2oc(=O)cc(CCC)c12. The van der Waals surface area contributed by atoms with E-state index in [1.54, 1.807) is 12.1 Å². The van der Waals surface area contributed by atoms with E-state index in [0.717, 1.165) is 36.0 Å². The molecule has 1 amide bonds. The van der Waals surface area contributed by atoms with Crippen LogP contribution in [0.1, 0.15) is 56.2 Å². The molecule has 3 aromatic rings. The van der Waals surface area contributed by atoms with Crippen molar-refractivity contribution in [3.05, 3.63) is 75.6 Å². The lowest BCUT2D eigenvalue weighted by molar-refractivity contribution is -0.136. The topological polar surface area (TPSA) is 94.8 Å². The molecule has 0 aliphatic rings. The summed E-state index contributed by atoms with van der Waals surface area (Å²) in [5, 5.41) is 3.24. The van der Waals surface area contributed by atoms with E-state index in [9.17, 15) is 14.4 Å². The van der Waals surface area contributed by atoms with Gasteiger partial charge in [0.15, 0.2) is 0 Å². The van der Waals surface area contributed by atoms with Crippen LogP contribution >= 0.6 is 0 Å². The van der Waals surface area contributed by atoms with E-state index in [-0.39, 0.29) is 6.61 Å². The average Bonchev–Trinajstić information content (AvgIpc) is 2.80. The highest BCUT2D eigenvalue weighted by molar-refractivity contribution is 5.91. The van der Waals surface area contributed by atoms with Gasteiger partial charge in [0.25, 0.3) is 0 Å². The highest BCUT2D eigenvalue weighted by Gasteiger charge is 2.25. The standard InChI is InChI=1S/C27H31NO6/c1-4-6-13-21(28-27(31)32-17-19-11-8-7-9-12-19)26(30)34-23-15-18(3)14-22-25(23)20(10-5-2)16-24(29)33-22/h7-9,11-12,14-16,21H,4-6,10,13,17H2,1-3H3,(H,28,31)/t21-/m1/s1. The van der Waals surface area contributed by atoms with E-state index in [0.29, 0.717) is 29.6 Å². The second-order valence-corrected chi connectivity index (χ2v) is 8.30. The van der Waals surface area contributed by atoms with E-state index in [1.807, 2.05) is 51.1 Å². The van der Waals surface area contributed by atoms with Crippen LogP contribution in [-0.4, -0.2) is 18.1 Å². The molecule has 1 atom stereocenters. The highest BCUT2D eigenvalue weighted by atomic mass is 16.6. The van der Waals surface area contributed by atoms with Crippen molar-refractivity contribution in [2.75, 3.05) is 0 Å². The molecule has 7 heteroatoms. The molecule has 7 nitrogen and oxygen atoms in total. The summed E-state index contributed by atoms with van der Waals surface area (Å²) in [6.45, 7) is 5.94. The van der Waals surface area contributed by atoms with Crippen LogP contribution < -0.4 is 15.7 Å². The van der Waals surface area contributed by atoms with Crippen LogP contribution in [0.5, 0.6) is 5.75 Å². The first-order valence-corrected chi connectivity index (χ1v) is 11.7. The fraction of sp³-hybridized carbons (Fsp3) is 0.370. The minimum Gasteiger partial charge on any atom is -0.445 e. The number of nitrogens with one attached hydrogen (secondary N) is 1. The summed E-state index contributed by atoms with van der Waals surface area (Å²) in [5.74, 6) is -0.279. The molecule has 0 aliphatic carbocycles. The van der Waals surface area contributed by atoms with Crippen molar-refractivity contribution >= 4 is 23.0 Å². The number of esters is 1. The third kappa shape index (κ3) is 6.70. The van der Waals surface area contributed by atoms with Crippen LogP contribution in [-0.2, 0) is 22.6 Å². The van der Waals surface area contributed by atoms with Gasteiger partial charge < -0.3 is 19.2 Å². The molecule has 0 saturated heterocycles. The number of ether oxygens (including phenoxy) is 2. The molecule has 180 valence electrons. The molecule has 2 aromatic carbocycles. The summed E-state index contributed by atoms with van der Waals surface area (Å²) in [6, 6.07) is 13.4. The van der Waals surface area contributed by atoms with Gasteiger partial charge in [-0.05, 0) is 48.6 Å². The summed E-state index contributed by atoms with van der Waals surface area (Å²) in [5.41, 5.74) is 2.33. The van der Waals surface area contributed by atoms with E-state index in [4.69, 9.17) is 13.9 Å². The van der Waals surface area contributed by atoms with Crippen LogP contribution in [0, 0.1) is 6.92 Å². The lowest BCUT2D eigenvalue weighted by atomic mass is 10.0. The van der Waals surface area contributed by atoms with Crippen LogP contribution in [0.4, 0.5) is 4.79 Å². The van der Waals surface area contributed by atoms with Gasteiger partial charge in [0.05, 0.1) is 5.39 Å². The first-order chi connectivity index (χ1) is 16.4. The number of aryl methyl sites for hydroxylation is 2. The molecule has 34 heavy (non-hydrogen) atoms. The second-order valence-electron chi connectivity index (χ2n) is 8.30. The zero-order valence-corrected chi connectivity index (χ0v) is 19.9. The van der Waals surface area contributed by atoms with Crippen molar-refractivity contribution < 1.29 is 23.5 Å². The van der Waals surface area contributed by atoms with Gasteiger partial charge in [-0.3, -0.25) is 0 Å². The minimum absolute atomic E-state index is 0.101. The van der Waals surface area contributed by atoms with Gasteiger partial charge in [0.2, 0.25) is 0 Å². The molecule has 0 aliphatic heterocycles. The Kier molecular flexibility index (Phi) is 8.85. The van der Waals surface area contributed by atoms with Crippen LogP contribution in [0.15, 0.2) is 57.7 Å². The molecule has 1 heterocycles. The zero-order chi connectivity index (χ0) is 24.5. The lowest BCUT2D eigenvalue weighted by Crippen LogP contribution is -2.43. The third-order valence-corrected chi connectivity index (χ3v) is 5.40. The molecule has 1 N–H and O–H groups in total. The summed E-state index contributed by atoms with van der Waals surface area (Å²) < 4.78 is 16.5. The summed E-state index contributed by atoms with van der Waals surface area (Å²) in [6.07, 6.45) is 2.75. The number of fused-ring (bicyclic) bond motifs is 1. The summed E-state index contributed by atoms with van der Waals surface area (Å²) in [7, 11) is 0. The van der Waals surface area contributed by atoms with Gasteiger partial charge >= 0.3 is 17.7 Å². The number of hydrogen-bond donors (Lipinski definition) is 1. The Hall–Kier alpha value is -3.61. The van der Waals surface area contributed by atoms with Crippen molar-refractivity contribution in [1.82, 2.24) is 5.32 Å². The predicted molar refractivity (Wildman–Crippen MR) is 130 cm³/mol. The molecule has 0 radical (unpaired) electrons. The Morgan fingerprint density at radius 2 is 1.82 bits per heavy atom. The second kappa shape index (κ2) is 12.0. The normalized spacial score (nSPS) is 11.7. The van der Waals surface area contributed by atoms with Gasteiger partial charge in [0, 0.05) is 6.07 Å². The van der Waals surface area contributed by atoms with Gasteiger partial charge in [-0.1, -0.05) is 63.4 Å². The van der Waals surface area contributed by atoms with Gasteiger partial charge in [-0.2, -0.15) is 0 Å². The molecule has 0 unspecified atom stereocenters. The number of carbonyl (C=O) groups is 2. The molecule has 0 saturated carbocycles. The number of unbranched alkanes of at least 4 members (excludes halogenated alkanes) is 1. The van der Waals surface area contributed by atoms with Gasteiger partial charge in [-0.25, -0.2) is 14.4 Å². The predicted octanol–water partition coefficient (Wildman–Crippen LogP) is 5.44. The van der Waals surface area contributed by atoms with Gasteiger partial charge in [-0.15, -0.1) is 0 Å². The largest absolute Gasteiger partial charge is 0.445 e. The van der Waals surface area contributed by atoms with Crippen molar-refractivity contribution in [3.63, 3.8) is 0 Å². The molecule has 0 spiro atoms. The van der Waals surface area contributed by atoms with Crippen LogP contribution in [0.3, 0.4) is 0 Å². The monoisotopic (exact) mass is 465 g/mol. The Bertz CT molecular complexity index is 1180. The summed E-state index contributed by atoms with van der Waals surface area (Å²) in [4.78, 5) is 37.5. The Morgan fingerprint density at radius 1 is 1.06 bits per heavy atom. The zero-order valence-electron chi connectivity index (χ0n) is 19.9. The van der Waals surface area contributed by atoms with E-state index >= 15 is 0 Å². The summed E-state index contributed by atoms with van der Waals surface area (Å²) >= 11 is 0. The fourth-order valence-corrected chi connectivity index (χ4v) is 3.76. The van der Waals surface area contributed by atoms with E-state index < -0.39 is 23.7 Å². The minimum atomic E-state index is -0.871. The van der Waals surface area contributed by atoms with Crippen molar-refractivity contribution in [2.24, 2.45) is 0 Å². The molecule has 1 aromatic heterocycles. The lowest BCUT2D eigenvalue weighted by Gasteiger charge is -2.18. The number of rotatable bonds is 10. The first kappa shape index (κ1) is 25.0. The van der Waals surface area contributed by atoms with E-state index in [2.05, 4.69) is 5.32 Å². The number of carbonyl (C=O) groups excluding carboxylic acids is 2. The van der Waals surface area contributed by atoms with Crippen molar-refractivity contribution in [1.29, 1.82) is 0 Å². The number of amides is 1. The first-order valence-electron chi connectivity index (χ1n) is 11.7.